The maximum Gasteiger partial charge on any atom is 0.408 e. The van der Waals surface area contributed by atoms with Crippen molar-refractivity contribution in [2.24, 2.45) is 4.99 Å². The highest BCUT2D eigenvalue weighted by molar-refractivity contribution is 5.80. The zero-order valence-electron chi connectivity index (χ0n) is 17.5. The lowest BCUT2D eigenvalue weighted by molar-refractivity contribution is -0.0506. The average molecular weight is 418 g/mol. The third-order valence-electron chi connectivity index (χ3n) is 3.49. The fourth-order valence-electron chi connectivity index (χ4n) is 2.24. The van der Waals surface area contributed by atoms with Crippen molar-refractivity contribution in [3.63, 3.8) is 0 Å². The minimum atomic E-state index is -3.06. The SMILES string of the molecule is CN=C(NCc1c(F)cccc1OC(F)F)NCC(C)(C)NC(=O)OC(C)(C)C. The molecule has 1 amide bonds. The van der Waals surface area contributed by atoms with Gasteiger partial charge in [0, 0.05) is 25.7 Å². The Bertz CT molecular complexity index is 719. The van der Waals surface area contributed by atoms with Crippen LogP contribution in [0, 0.1) is 5.82 Å². The molecule has 0 atom stereocenters. The summed E-state index contributed by atoms with van der Waals surface area (Å²) >= 11 is 0. The largest absolute Gasteiger partial charge is 0.444 e. The van der Waals surface area contributed by atoms with Gasteiger partial charge in [-0.05, 0) is 46.8 Å². The molecule has 1 aromatic carbocycles. The van der Waals surface area contributed by atoms with Gasteiger partial charge in [0.05, 0.1) is 5.54 Å². The standard InChI is InChI=1S/C19H29F3N4O3/c1-18(2,3)29-17(27)26-19(4,5)11-25-16(23-6)24-10-12-13(20)8-7-9-14(12)28-15(21)22/h7-9,15H,10-11H2,1-6H3,(H,26,27)(H2,23,24,25). The molecule has 0 heterocycles. The van der Waals surface area contributed by atoms with Crippen LogP contribution in [0.15, 0.2) is 23.2 Å². The normalized spacial score (nSPS) is 12.6. The summed E-state index contributed by atoms with van der Waals surface area (Å²) in [6.45, 7) is 5.92. The number of ether oxygens (including phenoxy) is 2. The van der Waals surface area contributed by atoms with E-state index in [1.807, 2.05) is 0 Å². The van der Waals surface area contributed by atoms with Gasteiger partial charge in [0.15, 0.2) is 5.96 Å². The molecule has 7 nitrogen and oxygen atoms in total. The number of rotatable bonds is 7. The number of amides is 1. The molecular formula is C19H29F3N4O3. The molecule has 0 aliphatic heterocycles. The van der Waals surface area contributed by atoms with E-state index in [-0.39, 0.29) is 30.4 Å². The van der Waals surface area contributed by atoms with Crippen molar-refractivity contribution in [1.82, 2.24) is 16.0 Å². The first-order valence-corrected chi connectivity index (χ1v) is 9.01. The molecule has 1 aromatic rings. The average Bonchev–Trinajstić information content (AvgIpc) is 2.54. The van der Waals surface area contributed by atoms with Crippen LogP contribution in [0.2, 0.25) is 0 Å². The second-order valence-electron chi connectivity index (χ2n) is 7.89. The van der Waals surface area contributed by atoms with Crippen LogP contribution in [-0.4, -0.2) is 43.4 Å². The number of benzene rings is 1. The number of alkyl carbamates (subject to hydrolysis) is 1. The number of nitrogens with one attached hydrogen (secondary N) is 3. The molecule has 0 aliphatic rings. The maximum atomic E-state index is 14.0. The molecule has 0 spiro atoms. The van der Waals surface area contributed by atoms with Crippen LogP contribution in [0.3, 0.4) is 0 Å². The molecule has 0 radical (unpaired) electrons. The Morgan fingerprint density at radius 1 is 1.17 bits per heavy atom. The quantitative estimate of drug-likeness (QED) is 0.467. The van der Waals surface area contributed by atoms with Crippen molar-refractivity contribution in [2.75, 3.05) is 13.6 Å². The van der Waals surface area contributed by atoms with Gasteiger partial charge in [-0.25, -0.2) is 9.18 Å². The van der Waals surface area contributed by atoms with Gasteiger partial charge in [0.25, 0.3) is 0 Å². The molecule has 3 N–H and O–H groups in total. The van der Waals surface area contributed by atoms with Crippen molar-refractivity contribution < 1.29 is 27.4 Å². The number of hydrogen-bond donors (Lipinski definition) is 3. The van der Waals surface area contributed by atoms with Crippen LogP contribution in [0.25, 0.3) is 0 Å². The zero-order valence-corrected chi connectivity index (χ0v) is 17.5. The van der Waals surface area contributed by atoms with Crippen LogP contribution in [-0.2, 0) is 11.3 Å². The number of halogens is 3. The van der Waals surface area contributed by atoms with Crippen LogP contribution >= 0.6 is 0 Å². The van der Waals surface area contributed by atoms with Crippen molar-refractivity contribution >= 4 is 12.1 Å². The second-order valence-corrected chi connectivity index (χ2v) is 7.89. The molecule has 0 aromatic heterocycles. The Kier molecular flexibility index (Phi) is 8.59. The third kappa shape index (κ3) is 9.40. The molecule has 0 unspecified atom stereocenters. The van der Waals surface area contributed by atoms with E-state index in [9.17, 15) is 18.0 Å². The van der Waals surface area contributed by atoms with Crippen LogP contribution in [0.1, 0.15) is 40.2 Å². The molecule has 164 valence electrons. The van der Waals surface area contributed by atoms with Crippen molar-refractivity contribution in [3.8, 4) is 5.75 Å². The van der Waals surface area contributed by atoms with Gasteiger partial charge < -0.3 is 25.4 Å². The monoisotopic (exact) mass is 418 g/mol. The summed E-state index contributed by atoms with van der Waals surface area (Å²) in [6.07, 6.45) is -0.563. The van der Waals surface area contributed by atoms with Crippen molar-refractivity contribution in [1.29, 1.82) is 0 Å². The Balaban J connectivity index is 2.67. The number of aliphatic imine (C=N–C) groups is 1. The first-order valence-electron chi connectivity index (χ1n) is 9.01. The van der Waals surface area contributed by atoms with E-state index < -0.39 is 29.7 Å². The molecule has 0 aliphatic carbocycles. The summed E-state index contributed by atoms with van der Waals surface area (Å²) in [5.74, 6) is -0.650. The lowest BCUT2D eigenvalue weighted by atomic mass is 10.1. The molecule has 0 saturated heterocycles. The number of carbonyl (C=O) groups is 1. The Morgan fingerprint density at radius 3 is 2.38 bits per heavy atom. The predicted molar refractivity (Wildman–Crippen MR) is 105 cm³/mol. The predicted octanol–water partition coefficient (Wildman–Crippen LogP) is 3.40. The van der Waals surface area contributed by atoms with Gasteiger partial charge in [-0.1, -0.05) is 6.07 Å². The highest BCUT2D eigenvalue weighted by atomic mass is 19.3. The summed E-state index contributed by atoms with van der Waals surface area (Å²) in [7, 11) is 1.50. The summed E-state index contributed by atoms with van der Waals surface area (Å²) < 4.78 is 48.6. The maximum absolute atomic E-state index is 14.0. The molecule has 0 saturated carbocycles. The molecule has 29 heavy (non-hydrogen) atoms. The minimum Gasteiger partial charge on any atom is -0.444 e. The molecule has 0 fully saturated rings. The highest BCUT2D eigenvalue weighted by Gasteiger charge is 2.25. The van der Waals surface area contributed by atoms with Crippen molar-refractivity contribution in [2.45, 2.75) is 58.9 Å². The van der Waals surface area contributed by atoms with E-state index in [1.165, 1.54) is 19.2 Å². The van der Waals surface area contributed by atoms with Gasteiger partial charge in [0.2, 0.25) is 0 Å². The van der Waals surface area contributed by atoms with Gasteiger partial charge in [-0.2, -0.15) is 8.78 Å². The topological polar surface area (TPSA) is 84.0 Å². The fourth-order valence-corrected chi connectivity index (χ4v) is 2.24. The molecule has 1 rings (SSSR count). The lowest BCUT2D eigenvalue weighted by Gasteiger charge is -2.29. The molecule has 0 bridgehead atoms. The first-order chi connectivity index (χ1) is 13.3. The number of alkyl halides is 2. The van der Waals surface area contributed by atoms with E-state index in [2.05, 4.69) is 25.7 Å². The van der Waals surface area contributed by atoms with Crippen LogP contribution in [0.5, 0.6) is 5.75 Å². The van der Waals surface area contributed by atoms with Gasteiger partial charge in [-0.3, -0.25) is 4.99 Å². The summed E-state index contributed by atoms with van der Waals surface area (Å²) in [5, 5.41) is 8.56. The Hall–Kier alpha value is -2.65. The van der Waals surface area contributed by atoms with Crippen LogP contribution in [0.4, 0.5) is 18.0 Å². The van der Waals surface area contributed by atoms with E-state index in [4.69, 9.17) is 4.74 Å². The zero-order chi connectivity index (χ0) is 22.2. The first kappa shape index (κ1) is 24.4. The number of guanidine groups is 1. The second kappa shape index (κ2) is 10.2. The van der Waals surface area contributed by atoms with Crippen LogP contribution < -0.4 is 20.7 Å². The smallest absolute Gasteiger partial charge is 0.408 e. The molecular weight excluding hydrogens is 389 g/mol. The summed E-state index contributed by atoms with van der Waals surface area (Å²) in [6, 6.07) is 3.70. The highest BCUT2D eigenvalue weighted by Crippen LogP contribution is 2.23. The van der Waals surface area contributed by atoms with E-state index in [0.29, 0.717) is 0 Å². The third-order valence-corrected chi connectivity index (χ3v) is 3.49. The lowest BCUT2D eigenvalue weighted by Crippen LogP contribution is -2.54. The van der Waals surface area contributed by atoms with Gasteiger partial charge in [-0.15, -0.1) is 0 Å². The van der Waals surface area contributed by atoms with Gasteiger partial charge in [0.1, 0.15) is 17.2 Å². The number of hydrogen-bond acceptors (Lipinski definition) is 4. The van der Waals surface area contributed by atoms with E-state index in [0.717, 1.165) is 6.07 Å². The summed E-state index contributed by atoms with van der Waals surface area (Å²) in [5.41, 5.74) is -1.37. The van der Waals surface area contributed by atoms with E-state index in [1.54, 1.807) is 34.6 Å². The minimum absolute atomic E-state index is 0.0538. The Morgan fingerprint density at radius 2 is 1.83 bits per heavy atom. The summed E-state index contributed by atoms with van der Waals surface area (Å²) in [4.78, 5) is 15.9. The fraction of sp³-hybridized carbons (Fsp3) is 0.579. The number of nitrogens with zero attached hydrogens (tertiary/aromatic N) is 1. The molecule has 10 heteroatoms. The van der Waals surface area contributed by atoms with E-state index >= 15 is 0 Å². The van der Waals surface area contributed by atoms with Crippen molar-refractivity contribution in [3.05, 3.63) is 29.6 Å². The Labute approximate surface area is 169 Å². The van der Waals surface area contributed by atoms with Gasteiger partial charge >= 0.3 is 12.7 Å². The number of carbonyl (C=O) groups excluding carboxylic acids is 1.